The summed E-state index contributed by atoms with van der Waals surface area (Å²) in [6, 6.07) is 1.27. The van der Waals surface area contributed by atoms with Crippen molar-refractivity contribution in [3.8, 4) is 0 Å². The van der Waals surface area contributed by atoms with Gasteiger partial charge in [-0.25, -0.2) is 9.36 Å². The van der Waals surface area contributed by atoms with E-state index in [0.717, 1.165) is 4.57 Å². The molecule has 1 aromatic heterocycles. The SMILES string of the molecule is Cc1cc(=O)[nH]c(=O)n1C1=C(O)C(C)CO1. The Morgan fingerprint density at radius 3 is 2.75 bits per heavy atom. The lowest BCUT2D eigenvalue weighted by molar-refractivity contribution is 0.254. The third-order valence-electron chi connectivity index (χ3n) is 2.48. The van der Waals surface area contributed by atoms with Gasteiger partial charge in [-0.2, -0.15) is 0 Å². The zero-order valence-electron chi connectivity index (χ0n) is 8.98. The summed E-state index contributed by atoms with van der Waals surface area (Å²) in [5, 5.41) is 9.73. The molecule has 6 heteroatoms. The summed E-state index contributed by atoms with van der Waals surface area (Å²) in [5.74, 6) is -0.0169. The van der Waals surface area contributed by atoms with Crippen LogP contribution in [0, 0.1) is 12.8 Å². The Bertz CT molecular complexity index is 567. The molecular formula is C10H12N2O4. The van der Waals surface area contributed by atoms with Crippen molar-refractivity contribution in [3.63, 3.8) is 0 Å². The molecule has 1 atom stereocenters. The lowest BCUT2D eigenvalue weighted by Crippen LogP contribution is -2.31. The van der Waals surface area contributed by atoms with Crippen molar-refractivity contribution >= 4 is 5.88 Å². The highest BCUT2D eigenvalue weighted by atomic mass is 16.5. The molecule has 6 nitrogen and oxygen atoms in total. The van der Waals surface area contributed by atoms with E-state index >= 15 is 0 Å². The summed E-state index contributed by atoms with van der Waals surface area (Å²) in [6.45, 7) is 3.71. The van der Waals surface area contributed by atoms with E-state index in [1.54, 1.807) is 13.8 Å². The van der Waals surface area contributed by atoms with Gasteiger partial charge in [0.2, 0.25) is 5.88 Å². The smallest absolute Gasteiger partial charge is 0.335 e. The molecule has 1 aromatic rings. The predicted molar refractivity (Wildman–Crippen MR) is 57.0 cm³/mol. The average molecular weight is 224 g/mol. The van der Waals surface area contributed by atoms with Crippen molar-refractivity contribution in [2.24, 2.45) is 5.92 Å². The number of aromatic nitrogens is 2. The van der Waals surface area contributed by atoms with E-state index in [-0.39, 0.29) is 17.6 Å². The molecule has 0 saturated carbocycles. The van der Waals surface area contributed by atoms with Crippen LogP contribution in [-0.2, 0) is 4.74 Å². The minimum atomic E-state index is -0.611. The summed E-state index contributed by atoms with van der Waals surface area (Å²) in [5.41, 5.74) is -0.657. The predicted octanol–water partition coefficient (Wildman–Crippen LogP) is 0.195. The Morgan fingerprint density at radius 2 is 2.25 bits per heavy atom. The number of aromatic amines is 1. The molecule has 16 heavy (non-hydrogen) atoms. The number of nitrogens with zero attached hydrogens (tertiary/aromatic N) is 1. The van der Waals surface area contributed by atoms with Gasteiger partial charge in [-0.05, 0) is 6.92 Å². The van der Waals surface area contributed by atoms with Gasteiger partial charge in [-0.15, -0.1) is 0 Å². The third-order valence-corrected chi connectivity index (χ3v) is 2.48. The number of hydrogen-bond acceptors (Lipinski definition) is 4. The van der Waals surface area contributed by atoms with Gasteiger partial charge in [0.05, 0.1) is 12.5 Å². The molecule has 1 aliphatic rings. The number of aryl methyl sites for hydroxylation is 1. The van der Waals surface area contributed by atoms with E-state index in [1.807, 2.05) is 0 Å². The molecule has 2 N–H and O–H groups in total. The monoisotopic (exact) mass is 224 g/mol. The second-order valence-electron chi connectivity index (χ2n) is 3.82. The summed E-state index contributed by atoms with van der Waals surface area (Å²) in [4.78, 5) is 24.7. The van der Waals surface area contributed by atoms with Gasteiger partial charge in [0.25, 0.3) is 5.56 Å². The van der Waals surface area contributed by atoms with Crippen LogP contribution in [0.25, 0.3) is 5.88 Å². The average Bonchev–Trinajstić information content (AvgIpc) is 2.48. The van der Waals surface area contributed by atoms with Crippen LogP contribution in [0.3, 0.4) is 0 Å². The number of nitrogens with one attached hydrogen (secondary N) is 1. The quantitative estimate of drug-likeness (QED) is 0.713. The molecule has 0 aliphatic carbocycles. The maximum atomic E-state index is 11.6. The van der Waals surface area contributed by atoms with Crippen molar-refractivity contribution in [1.82, 2.24) is 9.55 Å². The van der Waals surface area contributed by atoms with Crippen molar-refractivity contribution in [1.29, 1.82) is 0 Å². The first kappa shape index (κ1) is 10.5. The fourth-order valence-electron chi connectivity index (χ4n) is 1.61. The van der Waals surface area contributed by atoms with Gasteiger partial charge >= 0.3 is 5.69 Å². The molecular weight excluding hydrogens is 212 g/mol. The molecule has 0 radical (unpaired) electrons. The van der Waals surface area contributed by atoms with Crippen LogP contribution in [0.15, 0.2) is 21.4 Å². The molecule has 0 fully saturated rings. The Labute approximate surface area is 90.8 Å². The van der Waals surface area contributed by atoms with Crippen molar-refractivity contribution in [3.05, 3.63) is 38.4 Å². The van der Waals surface area contributed by atoms with Crippen LogP contribution in [0.5, 0.6) is 0 Å². The summed E-state index contributed by atoms with van der Waals surface area (Å²) in [6.07, 6.45) is 0. The van der Waals surface area contributed by atoms with E-state index in [0.29, 0.717) is 12.3 Å². The van der Waals surface area contributed by atoms with E-state index in [1.165, 1.54) is 6.07 Å². The van der Waals surface area contributed by atoms with Crippen molar-refractivity contribution in [2.75, 3.05) is 6.61 Å². The highest BCUT2D eigenvalue weighted by Crippen LogP contribution is 2.25. The van der Waals surface area contributed by atoms with Gasteiger partial charge in [0.1, 0.15) is 0 Å². The number of aliphatic hydroxyl groups excluding tert-OH is 1. The van der Waals surface area contributed by atoms with Crippen molar-refractivity contribution < 1.29 is 9.84 Å². The molecule has 0 bridgehead atoms. The summed E-state index contributed by atoms with van der Waals surface area (Å²) < 4.78 is 6.39. The zero-order valence-corrected chi connectivity index (χ0v) is 8.98. The van der Waals surface area contributed by atoms with Gasteiger partial charge < -0.3 is 9.84 Å². The second-order valence-corrected chi connectivity index (χ2v) is 3.82. The summed E-state index contributed by atoms with van der Waals surface area (Å²) >= 11 is 0. The first-order chi connectivity index (χ1) is 7.50. The van der Waals surface area contributed by atoms with Gasteiger partial charge in [-0.3, -0.25) is 9.78 Å². The highest BCUT2D eigenvalue weighted by molar-refractivity contribution is 5.44. The van der Waals surface area contributed by atoms with Gasteiger partial charge in [0, 0.05) is 11.8 Å². The Morgan fingerprint density at radius 1 is 1.56 bits per heavy atom. The molecule has 1 aliphatic heterocycles. The molecule has 2 rings (SSSR count). The van der Waals surface area contributed by atoms with Crippen LogP contribution in [0.4, 0.5) is 0 Å². The lowest BCUT2D eigenvalue weighted by atomic mass is 10.2. The molecule has 86 valence electrons. The maximum absolute atomic E-state index is 11.6. The molecule has 0 saturated heterocycles. The van der Waals surface area contributed by atoms with Crippen LogP contribution >= 0.6 is 0 Å². The fourth-order valence-corrected chi connectivity index (χ4v) is 1.61. The Hall–Kier alpha value is -1.98. The number of H-pyrrole nitrogens is 1. The zero-order chi connectivity index (χ0) is 11.9. The number of aliphatic hydroxyl groups is 1. The topological polar surface area (TPSA) is 84.3 Å². The van der Waals surface area contributed by atoms with Gasteiger partial charge in [0.15, 0.2) is 5.76 Å². The Kier molecular flexibility index (Phi) is 2.34. The van der Waals surface area contributed by atoms with Gasteiger partial charge in [-0.1, -0.05) is 6.92 Å². The van der Waals surface area contributed by atoms with Crippen LogP contribution in [0.2, 0.25) is 0 Å². The molecule has 1 unspecified atom stereocenters. The normalized spacial score (nSPS) is 20.0. The van der Waals surface area contributed by atoms with E-state index in [4.69, 9.17) is 4.74 Å². The van der Waals surface area contributed by atoms with Crippen LogP contribution in [0.1, 0.15) is 12.6 Å². The standard InChI is InChI=1S/C10H12N2O4/c1-5-4-16-9(8(5)14)12-6(2)3-7(13)11-10(12)15/h3,5,14H,4H2,1-2H3,(H,11,13,15). The molecule has 0 amide bonds. The lowest BCUT2D eigenvalue weighted by Gasteiger charge is -2.09. The highest BCUT2D eigenvalue weighted by Gasteiger charge is 2.26. The fraction of sp³-hybridized carbons (Fsp3) is 0.400. The first-order valence-corrected chi connectivity index (χ1v) is 4.90. The largest absolute Gasteiger partial charge is 0.507 e. The van der Waals surface area contributed by atoms with Crippen molar-refractivity contribution in [2.45, 2.75) is 13.8 Å². The third kappa shape index (κ3) is 1.52. The van der Waals surface area contributed by atoms with E-state index in [2.05, 4.69) is 4.98 Å². The van der Waals surface area contributed by atoms with Crippen LogP contribution in [-0.4, -0.2) is 21.3 Å². The van der Waals surface area contributed by atoms with E-state index < -0.39 is 11.2 Å². The minimum absolute atomic E-state index is 0.0252. The molecule has 0 spiro atoms. The number of hydrogen-bond donors (Lipinski definition) is 2. The Balaban J connectivity index is 2.67. The second kappa shape index (κ2) is 3.55. The minimum Gasteiger partial charge on any atom is -0.507 e. The molecule has 2 heterocycles. The number of ether oxygens (including phenoxy) is 1. The maximum Gasteiger partial charge on any atom is 0.335 e. The van der Waals surface area contributed by atoms with Crippen LogP contribution < -0.4 is 11.2 Å². The van der Waals surface area contributed by atoms with E-state index in [9.17, 15) is 14.7 Å². The first-order valence-electron chi connectivity index (χ1n) is 4.90. The number of rotatable bonds is 1. The molecule has 0 aromatic carbocycles. The summed E-state index contributed by atoms with van der Waals surface area (Å²) in [7, 11) is 0.